The number of benzene rings is 3. The third kappa shape index (κ3) is 4.25. The van der Waals surface area contributed by atoms with Gasteiger partial charge in [0.25, 0.3) is 5.91 Å². The van der Waals surface area contributed by atoms with E-state index in [0.717, 1.165) is 38.7 Å². The summed E-state index contributed by atoms with van der Waals surface area (Å²) in [5, 5.41) is 17.7. The minimum absolute atomic E-state index is 0.0258. The van der Waals surface area contributed by atoms with E-state index >= 15 is 0 Å². The monoisotopic (exact) mass is 494 g/mol. The molecule has 1 unspecified atom stereocenters. The van der Waals surface area contributed by atoms with Gasteiger partial charge in [-0.1, -0.05) is 24.3 Å². The van der Waals surface area contributed by atoms with E-state index in [0.29, 0.717) is 38.2 Å². The molecule has 188 valence electrons. The molecule has 0 spiro atoms. The number of para-hydroxylation sites is 1. The van der Waals surface area contributed by atoms with Crippen LogP contribution in [0.5, 0.6) is 5.75 Å². The fourth-order valence-electron chi connectivity index (χ4n) is 5.30. The molecule has 2 aromatic heterocycles. The average molecular weight is 495 g/mol. The number of hydrogen-bond acceptors (Lipinski definition) is 4. The van der Waals surface area contributed by atoms with Crippen molar-refractivity contribution in [2.75, 3.05) is 13.2 Å². The maximum Gasteiger partial charge on any atom is 0.254 e. The molecule has 5 aromatic rings. The molecule has 1 aliphatic heterocycles. The average Bonchev–Trinajstić information content (AvgIpc) is 3.47. The molecule has 0 bridgehead atoms. The minimum Gasteiger partial charge on any atom is -0.491 e. The zero-order valence-corrected chi connectivity index (χ0v) is 21.1. The zero-order chi connectivity index (χ0) is 25.6. The Balaban J connectivity index is 1.27. The quantitative estimate of drug-likeness (QED) is 0.379. The van der Waals surface area contributed by atoms with Gasteiger partial charge in [-0.05, 0) is 61.4 Å². The van der Waals surface area contributed by atoms with Gasteiger partial charge in [0, 0.05) is 65.5 Å². The summed E-state index contributed by atoms with van der Waals surface area (Å²) in [6.07, 6.45) is 4.14. The van der Waals surface area contributed by atoms with E-state index in [1.807, 2.05) is 77.3 Å². The molecule has 0 radical (unpaired) electrons. The van der Waals surface area contributed by atoms with Crippen molar-refractivity contribution in [2.45, 2.75) is 32.0 Å². The molecule has 3 heterocycles. The maximum atomic E-state index is 13.7. The van der Waals surface area contributed by atoms with Gasteiger partial charge < -0.3 is 19.3 Å². The summed E-state index contributed by atoms with van der Waals surface area (Å²) in [6, 6.07) is 21.9. The van der Waals surface area contributed by atoms with Crippen molar-refractivity contribution in [1.82, 2.24) is 19.2 Å². The third-order valence-electron chi connectivity index (χ3n) is 7.50. The van der Waals surface area contributed by atoms with Gasteiger partial charge in [-0.25, -0.2) is 0 Å². The van der Waals surface area contributed by atoms with Crippen LogP contribution >= 0.6 is 0 Å². The largest absolute Gasteiger partial charge is 0.491 e. The van der Waals surface area contributed by atoms with Gasteiger partial charge in [-0.15, -0.1) is 0 Å². The third-order valence-corrected chi connectivity index (χ3v) is 7.50. The number of aryl methyl sites for hydroxylation is 2. The predicted molar refractivity (Wildman–Crippen MR) is 144 cm³/mol. The zero-order valence-electron chi connectivity index (χ0n) is 21.1. The van der Waals surface area contributed by atoms with E-state index in [1.54, 1.807) is 6.20 Å². The van der Waals surface area contributed by atoms with Crippen LogP contribution in [0.25, 0.3) is 21.8 Å². The first-order valence-corrected chi connectivity index (χ1v) is 12.6. The van der Waals surface area contributed by atoms with Gasteiger partial charge in [-0.2, -0.15) is 5.10 Å². The number of amides is 1. The Labute approximate surface area is 215 Å². The first-order chi connectivity index (χ1) is 17.9. The minimum atomic E-state index is -1.04. The molecule has 0 aliphatic carbocycles. The van der Waals surface area contributed by atoms with Gasteiger partial charge in [-0.3, -0.25) is 9.48 Å². The highest BCUT2D eigenvalue weighted by Gasteiger charge is 2.27. The van der Waals surface area contributed by atoms with Gasteiger partial charge in [0.1, 0.15) is 12.4 Å². The van der Waals surface area contributed by atoms with E-state index in [2.05, 4.69) is 28.8 Å². The van der Waals surface area contributed by atoms with Crippen LogP contribution in [0.1, 0.15) is 34.8 Å². The Morgan fingerprint density at radius 3 is 2.73 bits per heavy atom. The van der Waals surface area contributed by atoms with Crippen molar-refractivity contribution < 1.29 is 14.6 Å². The molecule has 3 aromatic carbocycles. The second-order valence-corrected chi connectivity index (χ2v) is 10.00. The highest BCUT2D eigenvalue weighted by Crippen LogP contribution is 2.33. The molecule has 0 saturated carbocycles. The molecule has 0 fully saturated rings. The highest BCUT2D eigenvalue weighted by molar-refractivity contribution is 6.10. The van der Waals surface area contributed by atoms with Crippen LogP contribution in [0.3, 0.4) is 0 Å². The molecule has 0 saturated heterocycles. The normalized spacial score (nSPS) is 15.3. The Bertz CT molecular complexity index is 1600. The second kappa shape index (κ2) is 9.09. The standard InChI is InChI=1S/C30H30N4O3/c1-30(36,12-15-34-14-5-13-31-34)23-9-11-28-22(18-23)20-33(16-17-37-28)29(35)21-8-10-27-25(19-21)24-6-3-4-7-26(24)32(27)2/h3-11,13-14,18-19,36H,12,15-17,20H2,1-2H3. The number of rotatable bonds is 5. The van der Waals surface area contributed by atoms with E-state index in [1.165, 1.54) is 0 Å². The number of aromatic nitrogens is 3. The van der Waals surface area contributed by atoms with Crippen LogP contribution in [-0.2, 0) is 25.7 Å². The van der Waals surface area contributed by atoms with Crippen LogP contribution in [0.4, 0.5) is 0 Å². The maximum absolute atomic E-state index is 13.7. The van der Waals surface area contributed by atoms with Crippen LogP contribution in [0, 0.1) is 0 Å². The number of carbonyl (C=O) groups is 1. The molecule has 7 nitrogen and oxygen atoms in total. The Morgan fingerprint density at radius 2 is 1.89 bits per heavy atom. The lowest BCUT2D eigenvalue weighted by atomic mass is 9.91. The van der Waals surface area contributed by atoms with E-state index in [9.17, 15) is 9.90 Å². The molecule has 1 amide bonds. The lowest BCUT2D eigenvalue weighted by molar-refractivity contribution is 0.0419. The summed E-state index contributed by atoms with van der Waals surface area (Å²) >= 11 is 0. The fourth-order valence-corrected chi connectivity index (χ4v) is 5.30. The second-order valence-electron chi connectivity index (χ2n) is 10.00. The summed E-state index contributed by atoms with van der Waals surface area (Å²) in [5.74, 6) is 0.730. The summed E-state index contributed by atoms with van der Waals surface area (Å²) in [7, 11) is 2.05. The number of fused-ring (bicyclic) bond motifs is 4. The van der Waals surface area contributed by atoms with Gasteiger partial charge in [0.05, 0.1) is 12.1 Å². The lowest BCUT2D eigenvalue weighted by Crippen LogP contribution is -2.32. The Kier molecular flexibility index (Phi) is 5.72. The molecular weight excluding hydrogens is 464 g/mol. The van der Waals surface area contributed by atoms with Crippen LogP contribution in [0.15, 0.2) is 79.1 Å². The SMILES string of the molecule is Cn1c2ccccc2c2cc(C(=O)N3CCOc4ccc(C(C)(O)CCn5cccn5)cc4C3)ccc21. The Hall–Kier alpha value is -4.10. The van der Waals surface area contributed by atoms with Crippen molar-refractivity contribution in [2.24, 2.45) is 7.05 Å². The van der Waals surface area contributed by atoms with Gasteiger partial charge >= 0.3 is 0 Å². The molecule has 1 atom stereocenters. The van der Waals surface area contributed by atoms with Crippen LogP contribution in [-0.4, -0.2) is 43.4 Å². The first kappa shape index (κ1) is 23.3. The van der Waals surface area contributed by atoms with Crippen molar-refractivity contribution in [3.63, 3.8) is 0 Å². The number of ether oxygens (including phenoxy) is 1. The molecule has 7 heteroatoms. The summed E-state index contributed by atoms with van der Waals surface area (Å²) in [4.78, 5) is 15.5. The fraction of sp³-hybridized carbons (Fsp3) is 0.267. The van der Waals surface area contributed by atoms with Gasteiger partial charge in [0.15, 0.2) is 0 Å². The molecule has 37 heavy (non-hydrogen) atoms. The highest BCUT2D eigenvalue weighted by atomic mass is 16.5. The van der Waals surface area contributed by atoms with E-state index < -0.39 is 5.60 Å². The van der Waals surface area contributed by atoms with Crippen LogP contribution in [0.2, 0.25) is 0 Å². The number of nitrogens with zero attached hydrogens (tertiary/aromatic N) is 4. The van der Waals surface area contributed by atoms with Crippen LogP contribution < -0.4 is 4.74 Å². The van der Waals surface area contributed by atoms with Crippen molar-refractivity contribution >= 4 is 27.7 Å². The van der Waals surface area contributed by atoms with Crippen molar-refractivity contribution in [3.8, 4) is 5.75 Å². The molecule has 1 aliphatic rings. The molecular formula is C30H30N4O3. The van der Waals surface area contributed by atoms with Crippen molar-refractivity contribution in [1.29, 1.82) is 0 Å². The first-order valence-electron chi connectivity index (χ1n) is 12.6. The summed E-state index contributed by atoms with van der Waals surface area (Å²) in [6.45, 7) is 3.76. The lowest BCUT2D eigenvalue weighted by Gasteiger charge is -2.25. The number of carbonyl (C=O) groups excluding carboxylic acids is 1. The predicted octanol–water partition coefficient (Wildman–Crippen LogP) is 4.86. The smallest absolute Gasteiger partial charge is 0.254 e. The number of hydrogen-bond donors (Lipinski definition) is 1. The van der Waals surface area contributed by atoms with Gasteiger partial charge in [0.2, 0.25) is 0 Å². The topological polar surface area (TPSA) is 72.5 Å². The summed E-state index contributed by atoms with van der Waals surface area (Å²) < 4.78 is 9.96. The summed E-state index contributed by atoms with van der Waals surface area (Å²) in [5.41, 5.74) is 3.56. The van der Waals surface area contributed by atoms with E-state index in [4.69, 9.17) is 4.74 Å². The molecule has 1 N–H and O–H groups in total. The van der Waals surface area contributed by atoms with E-state index in [-0.39, 0.29) is 5.91 Å². The van der Waals surface area contributed by atoms with Crippen molar-refractivity contribution in [3.05, 3.63) is 95.8 Å². The number of aliphatic hydroxyl groups is 1. The molecule has 6 rings (SSSR count). The Morgan fingerprint density at radius 1 is 1.05 bits per heavy atom.